The Labute approximate surface area is 110 Å². The Balaban J connectivity index is 2.11. The van der Waals surface area contributed by atoms with Crippen molar-refractivity contribution in [3.05, 3.63) is 52.5 Å². The van der Waals surface area contributed by atoms with Gasteiger partial charge in [0.05, 0.1) is 5.51 Å². The lowest BCUT2D eigenvalue weighted by Crippen LogP contribution is -2.35. The number of rotatable bonds is 5. The standard InChI is InChI=1S/C13H15N3OS/c14-6-7-16(8-11-4-2-1-3-5-11)13(17)12-9-18-10-15-12/h1-5,9-10H,6-8,14H2. The Hall–Kier alpha value is -1.72. The number of hydrogen-bond donors (Lipinski definition) is 1. The molecule has 2 rings (SSSR count). The van der Waals surface area contributed by atoms with Crippen LogP contribution in [0.25, 0.3) is 0 Å². The minimum absolute atomic E-state index is 0.0643. The Bertz CT molecular complexity index is 484. The molecule has 0 saturated carbocycles. The molecular weight excluding hydrogens is 246 g/mol. The molecule has 0 aliphatic rings. The molecule has 1 amide bonds. The summed E-state index contributed by atoms with van der Waals surface area (Å²) in [6, 6.07) is 9.88. The van der Waals surface area contributed by atoms with Gasteiger partial charge >= 0.3 is 0 Å². The van der Waals surface area contributed by atoms with Gasteiger partial charge in [0.25, 0.3) is 5.91 Å². The second kappa shape index (κ2) is 6.28. The fourth-order valence-corrected chi connectivity index (χ4v) is 2.22. The lowest BCUT2D eigenvalue weighted by atomic mass is 10.2. The van der Waals surface area contributed by atoms with E-state index in [2.05, 4.69) is 4.98 Å². The van der Waals surface area contributed by atoms with E-state index in [1.807, 2.05) is 30.3 Å². The van der Waals surface area contributed by atoms with Gasteiger partial charge in [-0.05, 0) is 5.56 Å². The summed E-state index contributed by atoms with van der Waals surface area (Å²) in [7, 11) is 0. The average molecular weight is 261 g/mol. The topological polar surface area (TPSA) is 59.2 Å². The highest BCUT2D eigenvalue weighted by molar-refractivity contribution is 7.07. The number of nitrogens with two attached hydrogens (primary N) is 1. The molecule has 0 spiro atoms. The van der Waals surface area contributed by atoms with Gasteiger partial charge in [0.15, 0.2) is 0 Å². The lowest BCUT2D eigenvalue weighted by Gasteiger charge is -2.21. The number of carbonyl (C=O) groups excluding carboxylic acids is 1. The summed E-state index contributed by atoms with van der Waals surface area (Å²) >= 11 is 1.42. The smallest absolute Gasteiger partial charge is 0.273 e. The van der Waals surface area contributed by atoms with E-state index >= 15 is 0 Å². The number of thiazole rings is 1. The van der Waals surface area contributed by atoms with Crippen molar-refractivity contribution >= 4 is 17.2 Å². The molecule has 0 radical (unpaired) electrons. The number of nitrogens with zero attached hydrogens (tertiary/aromatic N) is 2. The molecular formula is C13H15N3OS. The number of carbonyl (C=O) groups is 1. The van der Waals surface area contributed by atoms with Crippen molar-refractivity contribution in [1.29, 1.82) is 0 Å². The minimum atomic E-state index is -0.0643. The van der Waals surface area contributed by atoms with Crippen LogP contribution in [-0.4, -0.2) is 28.9 Å². The van der Waals surface area contributed by atoms with E-state index in [-0.39, 0.29) is 5.91 Å². The molecule has 1 aromatic carbocycles. The van der Waals surface area contributed by atoms with Gasteiger partial charge in [-0.1, -0.05) is 30.3 Å². The van der Waals surface area contributed by atoms with Crippen molar-refractivity contribution in [3.8, 4) is 0 Å². The normalized spacial score (nSPS) is 10.3. The maximum Gasteiger partial charge on any atom is 0.273 e. The Morgan fingerprint density at radius 1 is 1.33 bits per heavy atom. The number of benzene rings is 1. The van der Waals surface area contributed by atoms with Crippen LogP contribution in [0.1, 0.15) is 16.1 Å². The van der Waals surface area contributed by atoms with Crippen LogP contribution in [-0.2, 0) is 6.54 Å². The van der Waals surface area contributed by atoms with Gasteiger partial charge in [0, 0.05) is 25.0 Å². The summed E-state index contributed by atoms with van der Waals surface area (Å²) in [5.74, 6) is -0.0643. The quantitative estimate of drug-likeness (QED) is 0.892. The van der Waals surface area contributed by atoms with Gasteiger partial charge < -0.3 is 10.6 Å². The van der Waals surface area contributed by atoms with E-state index in [0.29, 0.717) is 25.3 Å². The predicted molar refractivity (Wildman–Crippen MR) is 72.4 cm³/mol. The molecule has 2 aromatic rings. The van der Waals surface area contributed by atoms with Gasteiger partial charge in [0.2, 0.25) is 0 Å². The molecule has 0 aliphatic carbocycles. The summed E-state index contributed by atoms with van der Waals surface area (Å²) < 4.78 is 0. The molecule has 5 heteroatoms. The van der Waals surface area contributed by atoms with Crippen LogP contribution in [0.3, 0.4) is 0 Å². The maximum absolute atomic E-state index is 12.2. The van der Waals surface area contributed by atoms with Crippen molar-refractivity contribution in [1.82, 2.24) is 9.88 Å². The van der Waals surface area contributed by atoms with Crippen LogP contribution >= 0.6 is 11.3 Å². The molecule has 0 saturated heterocycles. The number of hydrogen-bond acceptors (Lipinski definition) is 4. The van der Waals surface area contributed by atoms with Gasteiger partial charge in [-0.3, -0.25) is 4.79 Å². The van der Waals surface area contributed by atoms with Crippen molar-refractivity contribution in [2.45, 2.75) is 6.54 Å². The van der Waals surface area contributed by atoms with Crippen LogP contribution in [0.2, 0.25) is 0 Å². The van der Waals surface area contributed by atoms with Crippen LogP contribution in [0.5, 0.6) is 0 Å². The van der Waals surface area contributed by atoms with E-state index in [0.717, 1.165) is 5.56 Å². The van der Waals surface area contributed by atoms with E-state index in [1.165, 1.54) is 11.3 Å². The first-order valence-corrected chi connectivity index (χ1v) is 6.67. The van der Waals surface area contributed by atoms with Crippen LogP contribution in [0, 0.1) is 0 Å². The van der Waals surface area contributed by atoms with E-state index in [9.17, 15) is 4.79 Å². The monoisotopic (exact) mass is 261 g/mol. The zero-order chi connectivity index (χ0) is 12.8. The highest BCUT2D eigenvalue weighted by Gasteiger charge is 2.16. The molecule has 2 N–H and O–H groups in total. The molecule has 0 unspecified atom stereocenters. The predicted octanol–water partition coefficient (Wildman–Crippen LogP) is 1.74. The lowest BCUT2D eigenvalue weighted by molar-refractivity contribution is 0.0743. The summed E-state index contributed by atoms with van der Waals surface area (Å²) in [6.45, 7) is 1.54. The second-order valence-electron chi connectivity index (χ2n) is 3.87. The first-order chi connectivity index (χ1) is 8.81. The molecule has 0 fully saturated rings. The molecule has 0 atom stereocenters. The Morgan fingerprint density at radius 3 is 2.72 bits per heavy atom. The fraction of sp³-hybridized carbons (Fsp3) is 0.231. The van der Waals surface area contributed by atoms with Crippen molar-refractivity contribution in [2.75, 3.05) is 13.1 Å². The molecule has 94 valence electrons. The highest BCUT2D eigenvalue weighted by Crippen LogP contribution is 2.10. The largest absolute Gasteiger partial charge is 0.332 e. The SMILES string of the molecule is NCCN(Cc1ccccc1)C(=O)c1cscn1. The van der Waals surface area contributed by atoms with Crippen LogP contribution in [0.15, 0.2) is 41.2 Å². The van der Waals surface area contributed by atoms with Gasteiger partial charge in [-0.15, -0.1) is 11.3 Å². The molecule has 0 aliphatic heterocycles. The van der Waals surface area contributed by atoms with Crippen LogP contribution < -0.4 is 5.73 Å². The van der Waals surface area contributed by atoms with Gasteiger partial charge in [0.1, 0.15) is 5.69 Å². The Morgan fingerprint density at radius 2 is 2.11 bits per heavy atom. The van der Waals surface area contributed by atoms with E-state index in [4.69, 9.17) is 5.73 Å². The summed E-state index contributed by atoms with van der Waals surface area (Å²) in [6.07, 6.45) is 0. The zero-order valence-electron chi connectivity index (χ0n) is 9.95. The molecule has 4 nitrogen and oxygen atoms in total. The van der Waals surface area contributed by atoms with Gasteiger partial charge in [-0.2, -0.15) is 0 Å². The van der Waals surface area contributed by atoms with Crippen LogP contribution in [0.4, 0.5) is 0 Å². The third-order valence-corrected chi connectivity index (χ3v) is 3.14. The van der Waals surface area contributed by atoms with Gasteiger partial charge in [-0.25, -0.2) is 4.98 Å². The molecule has 0 bridgehead atoms. The van der Waals surface area contributed by atoms with E-state index in [1.54, 1.807) is 15.8 Å². The fourth-order valence-electron chi connectivity index (χ4n) is 1.69. The van der Waals surface area contributed by atoms with Crippen molar-refractivity contribution < 1.29 is 4.79 Å². The minimum Gasteiger partial charge on any atom is -0.332 e. The summed E-state index contributed by atoms with van der Waals surface area (Å²) in [5.41, 5.74) is 8.81. The molecule has 18 heavy (non-hydrogen) atoms. The third kappa shape index (κ3) is 3.15. The summed E-state index contributed by atoms with van der Waals surface area (Å²) in [5, 5.41) is 1.76. The zero-order valence-corrected chi connectivity index (χ0v) is 10.8. The summed E-state index contributed by atoms with van der Waals surface area (Å²) in [4.78, 5) is 18.0. The first kappa shape index (κ1) is 12.7. The molecule has 1 heterocycles. The van der Waals surface area contributed by atoms with Crippen molar-refractivity contribution in [3.63, 3.8) is 0 Å². The number of amides is 1. The first-order valence-electron chi connectivity index (χ1n) is 5.72. The van der Waals surface area contributed by atoms with Crippen molar-refractivity contribution in [2.24, 2.45) is 5.73 Å². The maximum atomic E-state index is 12.2. The van der Waals surface area contributed by atoms with E-state index < -0.39 is 0 Å². The third-order valence-electron chi connectivity index (χ3n) is 2.55. The molecule has 1 aromatic heterocycles. The average Bonchev–Trinajstić information content (AvgIpc) is 2.92. The number of aromatic nitrogens is 1. The highest BCUT2D eigenvalue weighted by atomic mass is 32.1. The second-order valence-corrected chi connectivity index (χ2v) is 4.59. The Kier molecular flexibility index (Phi) is 4.44.